The van der Waals surface area contributed by atoms with Gasteiger partial charge >= 0.3 is 0 Å². The van der Waals surface area contributed by atoms with Crippen LogP contribution in [0.2, 0.25) is 0 Å². The molecule has 10 nitrogen and oxygen atoms in total. The summed E-state index contributed by atoms with van der Waals surface area (Å²) < 4.78 is 40.4. The standard InChI is InChI=1S/C22H29N3O7S/c1-30-20-11-15(4-6-19(20)32-13-17-3-2-9-31-17)12-23-22(27)18-5-7-21(26)25(24-18)16-8-10-33(28,29)14-16/h4,6,11,16-17H,2-3,5,7-10,12-14H2,1H3,(H,23,27). The minimum absolute atomic E-state index is 0.0354. The van der Waals surface area contributed by atoms with Crippen LogP contribution in [0.3, 0.4) is 0 Å². The van der Waals surface area contributed by atoms with E-state index in [9.17, 15) is 18.0 Å². The van der Waals surface area contributed by atoms with Crippen LogP contribution in [0, 0.1) is 0 Å². The van der Waals surface area contributed by atoms with Gasteiger partial charge in [0.05, 0.1) is 30.8 Å². The lowest BCUT2D eigenvalue weighted by molar-refractivity contribution is -0.133. The second-order valence-electron chi connectivity index (χ2n) is 8.46. The van der Waals surface area contributed by atoms with Gasteiger partial charge in [-0.25, -0.2) is 13.4 Å². The van der Waals surface area contributed by atoms with Crippen molar-refractivity contribution in [3.63, 3.8) is 0 Å². The van der Waals surface area contributed by atoms with Crippen LogP contribution in [0.25, 0.3) is 0 Å². The smallest absolute Gasteiger partial charge is 0.267 e. The number of ether oxygens (including phenoxy) is 3. The number of nitrogens with one attached hydrogen (secondary N) is 1. The Kier molecular flexibility index (Phi) is 7.18. The van der Waals surface area contributed by atoms with Gasteiger partial charge < -0.3 is 19.5 Å². The topological polar surface area (TPSA) is 124 Å². The number of rotatable bonds is 8. The highest BCUT2D eigenvalue weighted by molar-refractivity contribution is 7.91. The Morgan fingerprint density at radius 1 is 1.27 bits per heavy atom. The van der Waals surface area contributed by atoms with Gasteiger partial charge in [-0.15, -0.1) is 0 Å². The lowest BCUT2D eigenvalue weighted by Crippen LogP contribution is -2.43. The molecule has 3 aliphatic heterocycles. The monoisotopic (exact) mass is 479 g/mol. The van der Waals surface area contributed by atoms with Gasteiger partial charge in [0.2, 0.25) is 5.91 Å². The first-order valence-electron chi connectivity index (χ1n) is 11.1. The zero-order chi connectivity index (χ0) is 23.4. The Bertz CT molecular complexity index is 1030. The van der Waals surface area contributed by atoms with Crippen LogP contribution in [-0.4, -0.2) is 74.9 Å². The molecule has 11 heteroatoms. The minimum Gasteiger partial charge on any atom is -0.493 e. The highest BCUT2D eigenvalue weighted by Gasteiger charge is 2.37. The Balaban J connectivity index is 1.35. The Labute approximate surface area is 193 Å². The second kappa shape index (κ2) is 10.1. The van der Waals surface area contributed by atoms with Gasteiger partial charge in [-0.3, -0.25) is 9.59 Å². The highest BCUT2D eigenvalue weighted by atomic mass is 32.2. The maximum Gasteiger partial charge on any atom is 0.267 e. The molecule has 1 aromatic carbocycles. The van der Waals surface area contributed by atoms with Crippen LogP contribution in [0.5, 0.6) is 11.5 Å². The molecule has 0 aromatic heterocycles. The minimum atomic E-state index is -3.16. The molecule has 0 aliphatic carbocycles. The molecule has 33 heavy (non-hydrogen) atoms. The number of sulfone groups is 1. The fraction of sp³-hybridized carbons (Fsp3) is 0.591. The number of nitrogens with zero attached hydrogens (tertiary/aromatic N) is 2. The average Bonchev–Trinajstić information content (AvgIpc) is 3.45. The summed E-state index contributed by atoms with van der Waals surface area (Å²) in [5, 5.41) is 8.20. The SMILES string of the molecule is COc1cc(CNC(=O)C2=NN(C3CCS(=O)(=O)C3)C(=O)CC2)ccc1OCC1CCCO1. The van der Waals surface area contributed by atoms with Crippen LogP contribution in [-0.2, 0) is 30.7 Å². The Hall–Kier alpha value is -2.66. The van der Waals surface area contributed by atoms with Crippen molar-refractivity contribution < 1.29 is 32.2 Å². The maximum atomic E-state index is 12.7. The summed E-state index contributed by atoms with van der Waals surface area (Å²) in [6.45, 7) is 1.47. The maximum absolute atomic E-state index is 12.7. The van der Waals surface area contributed by atoms with E-state index >= 15 is 0 Å². The van der Waals surface area contributed by atoms with Gasteiger partial charge in [0.25, 0.3) is 5.91 Å². The van der Waals surface area contributed by atoms with E-state index in [-0.39, 0.29) is 54.5 Å². The normalized spacial score (nSPS) is 24.5. The third kappa shape index (κ3) is 5.83. The molecule has 1 aromatic rings. The average molecular weight is 480 g/mol. The molecule has 1 N–H and O–H groups in total. The molecule has 180 valence electrons. The largest absolute Gasteiger partial charge is 0.493 e. The number of benzene rings is 1. The molecule has 0 saturated carbocycles. The number of amides is 2. The zero-order valence-corrected chi connectivity index (χ0v) is 19.4. The fourth-order valence-corrected chi connectivity index (χ4v) is 5.86. The fourth-order valence-electron chi connectivity index (χ4n) is 4.17. The third-order valence-electron chi connectivity index (χ3n) is 6.01. The van der Waals surface area contributed by atoms with Crippen molar-refractivity contribution in [3.05, 3.63) is 23.8 Å². The Morgan fingerprint density at radius 2 is 2.12 bits per heavy atom. The first kappa shape index (κ1) is 23.5. The Morgan fingerprint density at radius 3 is 2.82 bits per heavy atom. The van der Waals surface area contributed by atoms with E-state index in [2.05, 4.69) is 10.4 Å². The van der Waals surface area contributed by atoms with Gasteiger partial charge in [-0.2, -0.15) is 5.10 Å². The molecule has 2 amide bonds. The number of carbonyl (C=O) groups excluding carboxylic acids is 2. The molecule has 0 bridgehead atoms. The third-order valence-corrected chi connectivity index (χ3v) is 7.76. The highest BCUT2D eigenvalue weighted by Crippen LogP contribution is 2.29. The number of hydrogen-bond acceptors (Lipinski definition) is 8. The van der Waals surface area contributed by atoms with Crippen molar-refractivity contribution in [2.75, 3.05) is 31.8 Å². The molecule has 4 rings (SSSR count). The van der Waals surface area contributed by atoms with E-state index in [0.717, 1.165) is 25.0 Å². The number of hydrogen-bond donors (Lipinski definition) is 1. The summed E-state index contributed by atoms with van der Waals surface area (Å²) in [6, 6.07) is 4.94. The van der Waals surface area contributed by atoms with Crippen molar-refractivity contribution >= 4 is 27.4 Å². The molecule has 3 heterocycles. The number of methoxy groups -OCH3 is 1. The summed E-state index contributed by atoms with van der Waals surface area (Å²) in [5.74, 6) is 0.462. The van der Waals surface area contributed by atoms with Crippen LogP contribution >= 0.6 is 0 Å². The van der Waals surface area contributed by atoms with Gasteiger partial charge in [-0.05, 0) is 37.0 Å². The van der Waals surface area contributed by atoms with Crippen LogP contribution < -0.4 is 14.8 Å². The summed E-state index contributed by atoms with van der Waals surface area (Å²) in [7, 11) is -1.61. The predicted octanol–water partition coefficient (Wildman–Crippen LogP) is 1.03. The quantitative estimate of drug-likeness (QED) is 0.591. The molecule has 0 radical (unpaired) electrons. The van der Waals surface area contributed by atoms with E-state index < -0.39 is 15.9 Å². The number of hydrazone groups is 1. The van der Waals surface area contributed by atoms with Crippen LogP contribution in [0.15, 0.2) is 23.3 Å². The molecule has 0 spiro atoms. The second-order valence-corrected chi connectivity index (χ2v) is 10.7. The number of carbonyl (C=O) groups is 2. The summed E-state index contributed by atoms with van der Waals surface area (Å²) >= 11 is 0. The van der Waals surface area contributed by atoms with Crippen molar-refractivity contribution in [1.82, 2.24) is 10.3 Å². The summed E-state index contributed by atoms with van der Waals surface area (Å²) in [4.78, 5) is 24.9. The van der Waals surface area contributed by atoms with Crippen LogP contribution in [0.4, 0.5) is 0 Å². The van der Waals surface area contributed by atoms with Gasteiger partial charge in [0.1, 0.15) is 12.3 Å². The molecule has 2 unspecified atom stereocenters. The lowest BCUT2D eigenvalue weighted by atomic mass is 10.1. The molecular formula is C22H29N3O7S. The first-order valence-corrected chi connectivity index (χ1v) is 13.0. The molecule has 2 fully saturated rings. The van der Waals surface area contributed by atoms with E-state index in [1.807, 2.05) is 6.07 Å². The predicted molar refractivity (Wildman–Crippen MR) is 120 cm³/mol. The van der Waals surface area contributed by atoms with Crippen LogP contribution in [0.1, 0.15) is 37.7 Å². The van der Waals surface area contributed by atoms with Crippen molar-refractivity contribution in [3.8, 4) is 11.5 Å². The van der Waals surface area contributed by atoms with Gasteiger partial charge in [0.15, 0.2) is 21.3 Å². The molecule has 2 atom stereocenters. The van der Waals surface area contributed by atoms with Crippen molar-refractivity contribution in [1.29, 1.82) is 0 Å². The summed E-state index contributed by atoms with van der Waals surface area (Å²) in [6.07, 6.45) is 2.82. The van der Waals surface area contributed by atoms with E-state index in [1.54, 1.807) is 19.2 Å². The van der Waals surface area contributed by atoms with Gasteiger partial charge in [-0.1, -0.05) is 6.07 Å². The van der Waals surface area contributed by atoms with Crippen molar-refractivity contribution in [2.24, 2.45) is 5.10 Å². The van der Waals surface area contributed by atoms with E-state index in [4.69, 9.17) is 14.2 Å². The van der Waals surface area contributed by atoms with Crippen molar-refractivity contribution in [2.45, 2.75) is 50.8 Å². The van der Waals surface area contributed by atoms with Gasteiger partial charge in [0, 0.05) is 26.0 Å². The zero-order valence-electron chi connectivity index (χ0n) is 18.6. The lowest BCUT2D eigenvalue weighted by Gasteiger charge is -2.27. The summed E-state index contributed by atoms with van der Waals surface area (Å²) in [5.41, 5.74) is 1.04. The molecular weight excluding hydrogens is 450 g/mol. The molecule has 3 aliphatic rings. The van der Waals surface area contributed by atoms with E-state index in [1.165, 1.54) is 5.01 Å². The first-order chi connectivity index (χ1) is 15.8. The van der Waals surface area contributed by atoms with E-state index in [0.29, 0.717) is 24.5 Å². The molecule has 2 saturated heterocycles.